The molecule has 1 aliphatic rings. The second-order valence-corrected chi connectivity index (χ2v) is 7.29. The summed E-state index contributed by atoms with van der Waals surface area (Å²) in [7, 11) is 0. The van der Waals surface area contributed by atoms with Gasteiger partial charge in [-0.15, -0.1) is 11.8 Å². The van der Waals surface area contributed by atoms with E-state index >= 15 is 0 Å². The van der Waals surface area contributed by atoms with Crippen LogP contribution >= 0.6 is 11.8 Å². The van der Waals surface area contributed by atoms with E-state index in [0.29, 0.717) is 24.3 Å². The van der Waals surface area contributed by atoms with Crippen molar-refractivity contribution < 1.29 is 23.9 Å². The first-order chi connectivity index (χ1) is 13.5. The van der Waals surface area contributed by atoms with Crippen LogP contribution in [0.15, 0.2) is 53.4 Å². The lowest BCUT2D eigenvalue weighted by atomic mass is 10.1. The third-order valence-corrected chi connectivity index (χ3v) is 5.09. The van der Waals surface area contributed by atoms with Gasteiger partial charge in [0.1, 0.15) is 12.4 Å². The maximum Gasteiger partial charge on any atom is 0.407 e. The van der Waals surface area contributed by atoms with Crippen LogP contribution in [-0.2, 0) is 16.0 Å². The number of carbonyl (C=O) groups excluding carboxylic acids is 3. The van der Waals surface area contributed by atoms with E-state index in [9.17, 15) is 14.4 Å². The molecular weight excluding hydrogens is 378 g/mol. The summed E-state index contributed by atoms with van der Waals surface area (Å²) in [5.74, 6) is -0.101. The summed E-state index contributed by atoms with van der Waals surface area (Å²) < 4.78 is 10.1. The average molecular weight is 399 g/mol. The summed E-state index contributed by atoms with van der Waals surface area (Å²) in [4.78, 5) is 36.3. The Labute approximate surface area is 167 Å². The molecule has 1 atom stereocenters. The van der Waals surface area contributed by atoms with Crippen LogP contribution < -0.4 is 10.1 Å². The maximum atomic E-state index is 12.2. The van der Waals surface area contributed by atoms with Crippen LogP contribution in [-0.4, -0.2) is 36.8 Å². The molecule has 0 bridgehead atoms. The van der Waals surface area contributed by atoms with Crippen molar-refractivity contribution in [1.29, 1.82) is 0 Å². The molecule has 1 heterocycles. The number of esters is 1. The van der Waals surface area contributed by atoms with Crippen LogP contribution in [0.1, 0.15) is 28.8 Å². The molecule has 1 N–H and O–H groups in total. The standard InChI is InChI=1S/C21H21NO5S/c1-28-18-8-4-15(5-9-18)19(23)10-11-20(24)27-17-6-2-14(3-7-17)12-16-13-26-21(25)22-16/h2-9,16H,10-13H2,1H3,(H,22,25). The average Bonchev–Trinajstić information content (AvgIpc) is 3.12. The lowest BCUT2D eigenvalue weighted by Crippen LogP contribution is -2.28. The minimum absolute atomic E-state index is 0.0241. The number of cyclic esters (lactones) is 1. The highest BCUT2D eigenvalue weighted by Crippen LogP contribution is 2.18. The van der Waals surface area contributed by atoms with Gasteiger partial charge in [-0.25, -0.2) is 4.79 Å². The Morgan fingerprint density at radius 2 is 1.82 bits per heavy atom. The van der Waals surface area contributed by atoms with Gasteiger partial charge >= 0.3 is 12.1 Å². The highest BCUT2D eigenvalue weighted by Gasteiger charge is 2.22. The molecule has 0 radical (unpaired) electrons. The highest BCUT2D eigenvalue weighted by molar-refractivity contribution is 7.98. The number of rotatable bonds is 8. The molecule has 1 aliphatic heterocycles. The summed E-state index contributed by atoms with van der Waals surface area (Å²) in [6, 6.07) is 14.4. The normalized spacial score (nSPS) is 15.6. The molecule has 2 aromatic carbocycles. The van der Waals surface area contributed by atoms with Gasteiger partial charge in [-0.05, 0) is 42.5 Å². The minimum atomic E-state index is -0.446. The predicted octanol–water partition coefficient (Wildman–Crippen LogP) is 3.63. The summed E-state index contributed by atoms with van der Waals surface area (Å²) in [5, 5.41) is 2.72. The van der Waals surface area contributed by atoms with Crippen LogP contribution in [0.25, 0.3) is 0 Å². The SMILES string of the molecule is CSc1ccc(C(=O)CCC(=O)Oc2ccc(CC3COC(=O)N3)cc2)cc1. The van der Waals surface area contributed by atoms with Crippen molar-refractivity contribution in [1.82, 2.24) is 5.32 Å². The number of ether oxygens (including phenoxy) is 2. The summed E-state index contributed by atoms with van der Waals surface area (Å²) in [6.07, 6.45) is 2.35. The minimum Gasteiger partial charge on any atom is -0.447 e. The molecular formula is C21H21NO5S. The van der Waals surface area contributed by atoms with Gasteiger partial charge in [-0.3, -0.25) is 9.59 Å². The Morgan fingerprint density at radius 3 is 2.43 bits per heavy atom. The molecule has 0 aliphatic carbocycles. The molecule has 0 spiro atoms. The number of nitrogens with one attached hydrogen (secondary N) is 1. The smallest absolute Gasteiger partial charge is 0.407 e. The Bertz CT molecular complexity index is 848. The zero-order valence-corrected chi connectivity index (χ0v) is 16.3. The lowest BCUT2D eigenvalue weighted by molar-refractivity contribution is -0.134. The Kier molecular flexibility index (Phi) is 6.71. The fourth-order valence-corrected chi connectivity index (χ4v) is 3.24. The number of benzene rings is 2. The molecule has 146 valence electrons. The number of ketones is 1. The fraction of sp³-hybridized carbons (Fsp3) is 0.286. The van der Waals surface area contributed by atoms with Crippen LogP contribution in [0, 0.1) is 0 Å². The molecule has 28 heavy (non-hydrogen) atoms. The molecule has 1 unspecified atom stereocenters. The highest BCUT2D eigenvalue weighted by atomic mass is 32.2. The van der Waals surface area contributed by atoms with Crippen LogP contribution in [0.4, 0.5) is 4.79 Å². The zero-order chi connectivity index (χ0) is 19.9. The third-order valence-electron chi connectivity index (χ3n) is 4.34. The third kappa shape index (κ3) is 5.60. The van der Waals surface area contributed by atoms with Gasteiger partial charge in [-0.1, -0.05) is 24.3 Å². The van der Waals surface area contributed by atoms with Crippen molar-refractivity contribution in [2.24, 2.45) is 0 Å². The van der Waals surface area contributed by atoms with Gasteiger partial charge in [0.25, 0.3) is 0 Å². The van der Waals surface area contributed by atoms with E-state index in [1.807, 2.05) is 30.5 Å². The Morgan fingerprint density at radius 1 is 1.11 bits per heavy atom. The first-order valence-electron chi connectivity index (χ1n) is 8.93. The molecule has 2 aromatic rings. The molecule has 7 heteroatoms. The van der Waals surface area contributed by atoms with Crippen molar-refractivity contribution in [3.8, 4) is 5.75 Å². The van der Waals surface area contributed by atoms with Crippen LogP contribution in [0.3, 0.4) is 0 Å². The molecule has 3 rings (SSSR count). The first-order valence-corrected chi connectivity index (χ1v) is 10.2. The second-order valence-electron chi connectivity index (χ2n) is 6.41. The van der Waals surface area contributed by atoms with Crippen molar-refractivity contribution in [2.45, 2.75) is 30.2 Å². The van der Waals surface area contributed by atoms with E-state index in [1.54, 1.807) is 36.0 Å². The van der Waals surface area contributed by atoms with Gasteiger partial charge in [-0.2, -0.15) is 0 Å². The Hall–Kier alpha value is -2.80. The van der Waals surface area contributed by atoms with E-state index in [4.69, 9.17) is 9.47 Å². The topological polar surface area (TPSA) is 81.7 Å². The largest absolute Gasteiger partial charge is 0.447 e. The van der Waals surface area contributed by atoms with Crippen molar-refractivity contribution in [3.63, 3.8) is 0 Å². The monoisotopic (exact) mass is 399 g/mol. The molecule has 1 amide bonds. The first kappa shape index (κ1) is 19.9. The van der Waals surface area contributed by atoms with E-state index in [1.165, 1.54) is 0 Å². The zero-order valence-electron chi connectivity index (χ0n) is 15.5. The quantitative estimate of drug-likeness (QED) is 0.316. The van der Waals surface area contributed by atoms with Gasteiger partial charge in [0.05, 0.1) is 12.5 Å². The molecule has 1 fully saturated rings. The van der Waals surface area contributed by atoms with Crippen molar-refractivity contribution >= 4 is 29.6 Å². The maximum absolute atomic E-state index is 12.2. The van der Waals surface area contributed by atoms with Crippen molar-refractivity contribution in [2.75, 3.05) is 12.9 Å². The van der Waals surface area contributed by atoms with E-state index < -0.39 is 12.1 Å². The Balaban J connectivity index is 1.45. The van der Waals surface area contributed by atoms with Gasteiger partial charge in [0.2, 0.25) is 0 Å². The van der Waals surface area contributed by atoms with Gasteiger partial charge in [0.15, 0.2) is 5.78 Å². The van der Waals surface area contributed by atoms with Gasteiger partial charge in [0, 0.05) is 16.9 Å². The molecule has 0 aromatic heterocycles. The van der Waals surface area contributed by atoms with E-state index in [0.717, 1.165) is 10.5 Å². The summed E-state index contributed by atoms with van der Waals surface area (Å²) in [6.45, 7) is 0.351. The van der Waals surface area contributed by atoms with E-state index in [-0.39, 0.29) is 24.7 Å². The molecule has 0 saturated carbocycles. The van der Waals surface area contributed by atoms with Crippen LogP contribution in [0.2, 0.25) is 0 Å². The number of hydrogen-bond donors (Lipinski definition) is 1. The number of alkyl carbamates (subject to hydrolysis) is 1. The molecule has 6 nitrogen and oxygen atoms in total. The second kappa shape index (κ2) is 9.41. The fourth-order valence-electron chi connectivity index (χ4n) is 2.83. The number of hydrogen-bond acceptors (Lipinski definition) is 6. The number of carbonyl (C=O) groups is 3. The van der Waals surface area contributed by atoms with Crippen molar-refractivity contribution in [3.05, 3.63) is 59.7 Å². The van der Waals surface area contributed by atoms with Gasteiger partial charge < -0.3 is 14.8 Å². The number of amides is 1. The van der Waals surface area contributed by atoms with Crippen LogP contribution in [0.5, 0.6) is 5.75 Å². The number of Topliss-reactive ketones (excluding diaryl/α,β-unsaturated/α-hetero) is 1. The van der Waals surface area contributed by atoms with E-state index in [2.05, 4.69) is 5.32 Å². The summed E-state index contributed by atoms with van der Waals surface area (Å²) >= 11 is 1.61. The summed E-state index contributed by atoms with van der Waals surface area (Å²) in [5.41, 5.74) is 1.59. The number of thioether (sulfide) groups is 1. The molecule has 1 saturated heterocycles. The predicted molar refractivity (Wildman–Crippen MR) is 106 cm³/mol. The lowest BCUT2D eigenvalue weighted by Gasteiger charge is -2.08.